The van der Waals surface area contributed by atoms with Gasteiger partial charge in [0.1, 0.15) is 23.0 Å². The fourth-order valence-corrected chi connectivity index (χ4v) is 3.17. The minimum atomic E-state index is -0.136. The fourth-order valence-electron chi connectivity index (χ4n) is 3.17. The van der Waals surface area contributed by atoms with Crippen molar-refractivity contribution in [3.63, 3.8) is 0 Å². The summed E-state index contributed by atoms with van der Waals surface area (Å²) in [6.07, 6.45) is 1.83. The van der Waals surface area contributed by atoms with Gasteiger partial charge in [0.25, 0.3) is 0 Å². The highest BCUT2D eigenvalue weighted by molar-refractivity contribution is 5.50. The zero-order valence-electron chi connectivity index (χ0n) is 20.1. The maximum Gasteiger partial charge on any atom is 0.119 e. The summed E-state index contributed by atoms with van der Waals surface area (Å²) in [4.78, 5) is 0. The first-order chi connectivity index (χ1) is 13.6. The molecule has 0 unspecified atom stereocenters. The summed E-state index contributed by atoms with van der Waals surface area (Å²) >= 11 is 0. The third-order valence-electron chi connectivity index (χ3n) is 6.13. The molecule has 0 aliphatic heterocycles. The molecule has 0 bridgehead atoms. The lowest BCUT2D eigenvalue weighted by molar-refractivity contribution is 0.400. The number of hydrogen-bond acceptors (Lipinski definition) is 4. The Bertz CT molecular complexity index is 816. The van der Waals surface area contributed by atoms with Crippen molar-refractivity contribution in [1.82, 2.24) is 0 Å². The molecule has 0 amide bonds. The van der Waals surface area contributed by atoms with Crippen LogP contribution in [-0.2, 0) is 16.2 Å². The van der Waals surface area contributed by atoms with Gasteiger partial charge in [0, 0.05) is 16.7 Å². The second kappa shape index (κ2) is 9.20. The molecule has 0 aromatic heterocycles. The number of aromatic hydroxyl groups is 4. The third kappa shape index (κ3) is 6.07. The van der Waals surface area contributed by atoms with Gasteiger partial charge in [-0.05, 0) is 59.4 Å². The largest absolute Gasteiger partial charge is 0.508 e. The summed E-state index contributed by atoms with van der Waals surface area (Å²) < 4.78 is 0. The van der Waals surface area contributed by atoms with Crippen molar-refractivity contribution in [2.45, 2.75) is 91.4 Å². The van der Waals surface area contributed by atoms with Crippen LogP contribution >= 0.6 is 0 Å². The lowest BCUT2D eigenvalue weighted by Crippen LogP contribution is -2.19. The van der Waals surface area contributed by atoms with Crippen molar-refractivity contribution in [3.8, 4) is 23.0 Å². The summed E-state index contributed by atoms with van der Waals surface area (Å²) in [6.45, 7) is 18.4. The Balaban J connectivity index is 0.000000325. The molecule has 0 aliphatic carbocycles. The Hall–Kier alpha value is -2.36. The molecule has 0 radical (unpaired) electrons. The molecule has 2 rings (SSSR count). The fraction of sp³-hybridized carbons (Fsp3) is 0.538. The van der Waals surface area contributed by atoms with Gasteiger partial charge >= 0.3 is 0 Å². The highest BCUT2D eigenvalue weighted by Gasteiger charge is 2.28. The maximum absolute atomic E-state index is 10.2. The number of phenols is 4. The van der Waals surface area contributed by atoms with Gasteiger partial charge in [-0.25, -0.2) is 0 Å². The van der Waals surface area contributed by atoms with Crippen molar-refractivity contribution >= 4 is 0 Å². The topological polar surface area (TPSA) is 80.9 Å². The van der Waals surface area contributed by atoms with Crippen LogP contribution in [0.4, 0.5) is 0 Å². The molecule has 4 nitrogen and oxygen atoms in total. The molecule has 2 aromatic carbocycles. The Morgan fingerprint density at radius 1 is 0.567 bits per heavy atom. The van der Waals surface area contributed by atoms with Crippen molar-refractivity contribution in [1.29, 1.82) is 0 Å². The molecule has 168 valence electrons. The normalized spacial score (nSPS) is 12.3. The number of rotatable bonds is 4. The smallest absolute Gasteiger partial charge is 0.119 e. The van der Waals surface area contributed by atoms with E-state index < -0.39 is 0 Å². The van der Waals surface area contributed by atoms with Gasteiger partial charge in [-0.1, -0.05) is 62.3 Å². The molecular formula is C26H40O4. The van der Waals surface area contributed by atoms with E-state index in [1.54, 1.807) is 18.2 Å². The molecule has 0 spiro atoms. The van der Waals surface area contributed by atoms with E-state index in [1.807, 2.05) is 20.8 Å². The predicted octanol–water partition coefficient (Wildman–Crippen LogP) is 6.87. The van der Waals surface area contributed by atoms with Crippen LogP contribution in [0, 0.1) is 0 Å². The van der Waals surface area contributed by atoms with Crippen LogP contribution in [-0.4, -0.2) is 20.4 Å². The standard InChI is InChI=1S/C16H26O2.C10H14O2/c1-7-15(3,4)11-9-14(18)12(10-13(11)17)16(5,6)8-2;1-10(2,3)8-6-7(11)4-5-9(8)12/h9-10,17-18H,7-8H2,1-6H3;4-6,11-12H,1-3H3. The first-order valence-corrected chi connectivity index (χ1v) is 10.7. The zero-order chi connectivity index (χ0) is 23.5. The van der Waals surface area contributed by atoms with E-state index in [2.05, 4.69) is 41.5 Å². The maximum atomic E-state index is 10.2. The Labute approximate surface area is 182 Å². The summed E-state index contributed by atoms with van der Waals surface area (Å²) in [6, 6.07) is 8.03. The molecular weight excluding hydrogens is 376 g/mol. The summed E-state index contributed by atoms with van der Waals surface area (Å²) in [7, 11) is 0. The molecule has 4 N–H and O–H groups in total. The first kappa shape index (κ1) is 25.7. The van der Waals surface area contributed by atoms with Crippen molar-refractivity contribution in [2.75, 3.05) is 0 Å². The van der Waals surface area contributed by atoms with E-state index >= 15 is 0 Å². The third-order valence-corrected chi connectivity index (χ3v) is 6.13. The van der Waals surface area contributed by atoms with Gasteiger partial charge in [0.05, 0.1) is 0 Å². The van der Waals surface area contributed by atoms with Crippen molar-refractivity contribution in [2.24, 2.45) is 0 Å². The van der Waals surface area contributed by atoms with Gasteiger partial charge in [-0.3, -0.25) is 0 Å². The van der Waals surface area contributed by atoms with E-state index in [4.69, 9.17) is 0 Å². The summed E-state index contributed by atoms with van der Waals surface area (Å²) in [5, 5.41) is 39.1. The number of benzene rings is 2. The molecule has 0 atom stereocenters. The van der Waals surface area contributed by atoms with Gasteiger partial charge in [0.15, 0.2) is 0 Å². The number of hydrogen-bond donors (Lipinski definition) is 4. The monoisotopic (exact) mass is 416 g/mol. The van der Waals surface area contributed by atoms with Gasteiger partial charge in [-0.15, -0.1) is 0 Å². The highest BCUT2D eigenvalue weighted by atomic mass is 16.3. The Kier molecular flexibility index (Phi) is 7.87. The zero-order valence-corrected chi connectivity index (χ0v) is 20.1. The quantitative estimate of drug-likeness (QED) is 0.410. The minimum absolute atomic E-state index is 0.129. The van der Waals surface area contributed by atoms with E-state index in [9.17, 15) is 20.4 Å². The lowest BCUT2D eigenvalue weighted by atomic mass is 9.77. The van der Waals surface area contributed by atoms with Gasteiger partial charge in [-0.2, -0.15) is 0 Å². The van der Waals surface area contributed by atoms with Gasteiger partial charge in [0.2, 0.25) is 0 Å². The summed E-state index contributed by atoms with van der Waals surface area (Å²) in [5.41, 5.74) is 2.01. The van der Waals surface area contributed by atoms with Crippen molar-refractivity contribution in [3.05, 3.63) is 47.0 Å². The average Bonchev–Trinajstić information content (AvgIpc) is 2.64. The second-order valence-corrected chi connectivity index (χ2v) is 10.3. The van der Waals surface area contributed by atoms with E-state index in [-0.39, 0.29) is 39.2 Å². The average molecular weight is 417 g/mol. The van der Waals surface area contributed by atoms with Crippen LogP contribution in [0.5, 0.6) is 23.0 Å². The minimum Gasteiger partial charge on any atom is -0.508 e. The van der Waals surface area contributed by atoms with Crippen molar-refractivity contribution < 1.29 is 20.4 Å². The van der Waals surface area contributed by atoms with E-state index in [1.165, 1.54) is 12.1 Å². The van der Waals surface area contributed by atoms with E-state index in [0.717, 1.165) is 29.5 Å². The molecule has 2 aromatic rings. The molecule has 4 heteroatoms. The van der Waals surface area contributed by atoms with Crippen LogP contribution < -0.4 is 0 Å². The number of phenolic OH excluding ortho intramolecular Hbond substituents is 4. The van der Waals surface area contributed by atoms with Crippen LogP contribution in [0.25, 0.3) is 0 Å². The lowest BCUT2D eigenvalue weighted by Gasteiger charge is -2.29. The Morgan fingerprint density at radius 2 is 0.967 bits per heavy atom. The molecule has 0 fully saturated rings. The molecule has 0 saturated heterocycles. The first-order valence-electron chi connectivity index (χ1n) is 10.7. The molecule has 30 heavy (non-hydrogen) atoms. The molecule has 0 heterocycles. The van der Waals surface area contributed by atoms with Crippen LogP contribution in [0.2, 0.25) is 0 Å². The van der Waals surface area contributed by atoms with Crippen LogP contribution in [0.3, 0.4) is 0 Å². The highest BCUT2D eigenvalue weighted by Crippen LogP contribution is 2.42. The van der Waals surface area contributed by atoms with Gasteiger partial charge < -0.3 is 20.4 Å². The Morgan fingerprint density at radius 3 is 1.27 bits per heavy atom. The van der Waals surface area contributed by atoms with Crippen LogP contribution in [0.1, 0.15) is 91.8 Å². The SMILES string of the molecule is CC(C)(C)c1cc(O)ccc1O.CCC(C)(C)c1cc(O)c(C(C)(C)CC)cc1O. The second-order valence-electron chi connectivity index (χ2n) is 10.3. The molecule has 0 aliphatic rings. The van der Waals surface area contributed by atoms with Crippen LogP contribution in [0.15, 0.2) is 30.3 Å². The molecule has 0 saturated carbocycles. The van der Waals surface area contributed by atoms with E-state index in [0.29, 0.717) is 0 Å². The summed E-state index contributed by atoms with van der Waals surface area (Å²) in [5.74, 6) is 1.00. The predicted molar refractivity (Wildman–Crippen MR) is 125 cm³/mol.